The fourth-order valence-corrected chi connectivity index (χ4v) is 1.61. The molecule has 2 rings (SSSR count). The van der Waals surface area contributed by atoms with Gasteiger partial charge in [0.05, 0.1) is 17.8 Å². The van der Waals surface area contributed by atoms with Gasteiger partial charge in [-0.25, -0.2) is 0 Å². The summed E-state index contributed by atoms with van der Waals surface area (Å²) in [5, 5.41) is 12.5. The summed E-state index contributed by atoms with van der Waals surface area (Å²) in [6.45, 7) is 0.549. The maximum atomic E-state index is 11.7. The third-order valence-electron chi connectivity index (χ3n) is 2.54. The van der Waals surface area contributed by atoms with Gasteiger partial charge in [0, 0.05) is 24.6 Å². The van der Waals surface area contributed by atoms with Crippen LogP contribution in [0.1, 0.15) is 16.1 Å². The van der Waals surface area contributed by atoms with Crippen LogP contribution < -0.4 is 16.4 Å². The molecule has 0 radical (unpaired) electrons. The van der Waals surface area contributed by atoms with Crippen molar-refractivity contribution < 1.29 is 4.79 Å². The van der Waals surface area contributed by atoms with E-state index >= 15 is 0 Å². The Balaban J connectivity index is 2.19. The SMILES string of the molecule is CNC(=O)c1ccc(N)cc1NCc1ccn[nH]1. The Morgan fingerprint density at radius 2 is 2.28 bits per heavy atom. The summed E-state index contributed by atoms with van der Waals surface area (Å²) in [7, 11) is 1.59. The highest BCUT2D eigenvalue weighted by Gasteiger charge is 2.10. The fraction of sp³-hybridized carbons (Fsp3) is 0.167. The number of benzene rings is 1. The highest BCUT2D eigenvalue weighted by Crippen LogP contribution is 2.19. The number of hydrogen-bond acceptors (Lipinski definition) is 4. The summed E-state index contributed by atoms with van der Waals surface area (Å²) in [4.78, 5) is 11.7. The quantitative estimate of drug-likeness (QED) is 0.603. The molecule has 18 heavy (non-hydrogen) atoms. The van der Waals surface area contributed by atoms with Crippen molar-refractivity contribution in [1.29, 1.82) is 0 Å². The number of amides is 1. The van der Waals surface area contributed by atoms with E-state index in [-0.39, 0.29) is 5.91 Å². The minimum atomic E-state index is -0.151. The maximum absolute atomic E-state index is 11.7. The number of rotatable bonds is 4. The number of anilines is 2. The van der Waals surface area contributed by atoms with E-state index in [1.165, 1.54) is 0 Å². The maximum Gasteiger partial charge on any atom is 0.253 e. The number of nitrogens with two attached hydrogens (primary N) is 1. The van der Waals surface area contributed by atoms with Crippen molar-refractivity contribution in [1.82, 2.24) is 15.5 Å². The molecule has 0 saturated heterocycles. The molecule has 6 nitrogen and oxygen atoms in total. The highest BCUT2D eigenvalue weighted by atomic mass is 16.1. The van der Waals surface area contributed by atoms with Crippen LogP contribution >= 0.6 is 0 Å². The molecule has 1 heterocycles. The van der Waals surface area contributed by atoms with Gasteiger partial charge in [0.15, 0.2) is 0 Å². The molecule has 0 aliphatic rings. The summed E-state index contributed by atoms with van der Waals surface area (Å²) in [5.41, 5.74) is 8.52. The van der Waals surface area contributed by atoms with Crippen LogP contribution in [0.15, 0.2) is 30.5 Å². The zero-order valence-electron chi connectivity index (χ0n) is 10.0. The van der Waals surface area contributed by atoms with Crippen LogP contribution in [0.3, 0.4) is 0 Å². The number of nitrogen functional groups attached to an aromatic ring is 1. The molecular weight excluding hydrogens is 230 g/mol. The van der Waals surface area contributed by atoms with Crippen molar-refractivity contribution in [2.75, 3.05) is 18.1 Å². The van der Waals surface area contributed by atoms with Crippen LogP contribution in [-0.4, -0.2) is 23.2 Å². The number of aromatic nitrogens is 2. The Hall–Kier alpha value is -2.50. The van der Waals surface area contributed by atoms with Gasteiger partial charge in [0.1, 0.15) is 0 Å². The van der Waals surface area contributed by atoms with Gasteiger partial charge < -0.3 is 16.4 Å². The van der Waals surface area contributed by atoms with Gasteiger partial charge in [-0.15, -0.1) is 0 Å². The average Bonchev–Trinajstić information content (AvgIpc) is 2.88. The van der Waals surface area contributed by atoms with Gasteiger partial charge in [-0.3, -0.25) is 9.89 Å². The smallest absolute Gasteiger partial charge is 0.253 e. The molecule has 0 unspecified atom stereocenters. The summed E-state index contributed by atoms with van der Waals surface area (Å²) in [6, 6.07) is 7.00. The number of H-pyrrole nitrogens is 1. The van der Waals surface area contributed by atoms with Crippen LogP contribution in [0, 0.1) is 0 Å². The Labute approximate surface area is 105 Å². The van der Waals surface area contributed by atoms with E-state index in [4.69, 9.17) is 5.73 Å². The van der Waals surface area contributed by atoms with E-state index in [2.05, 4.69) is 20.8 Å². The molecular formula is C12H15N5O. The lowest BCUT2D eigenvalue weighted by Crippen LogP contribution is -2.19. The Morgan fingerprint density at radius 3 is 2.94 bits per heavy atom. The zero-order chi connectivity index (χ0) is 13.0. The molecule has 0 bridgehead atoms. The minimum absolute atomic E-state index is 0.151. The molecule has 0 fully saturated rings. The molecule has 1 aromatic carbocycles. The lowest BCUT2D eigenvalue weighted by atomic mass is 10.1. The predicted octanol–water partition coefficient (Wildman–Crippen LogP) is 0.964. The van der Waals surface area contributed by atoms with E-state index < -0.39 is 0 Å². The van der Waals surface area contributed by atoms with E-state index in [1.54, 1.807) is 31.4 Å². The lowest BCUT2D eigenvalue weighted by Gasteiger charge is -2.11. The van der Waals surface area contributed by atoms with E-state index in [0.29, 0.717) is 23.5 Å². The molecule has 1 amide bonds. The third-order valence-corrected chi connectivity index (χ3v) is 2.54. The van der Waals surface area contributed by atoms with Crippen molar-refractivity contribution in [2.24, 2.45) is 0 Å². The number of hydrogen-bond donors (Lipinski definition) is 4. The summed E-state index contributed by atoms with van der Waals surface area (Å²) in [6.07, 6.45) is 1.68. The van der Waals surface area contributed by atoms with Crippen LogP contribution in [0.2, 0.25) is 0 Å². The number of aromatic amines is 1. The third kappa shape index (κ3) is 2.60. The topological polar surface area (TPSA) is 95.8 Å². The standard InChI is InChI=1S/C12H15N5O/c1-14-12(18)10-3-2-8(13)6-11(10)15-7-9-4-5-16-17-9/h2-6,15H,7,13H2,1H3,(H,14,18)(H,16,17). The van der Waals surface area contributed by atoms with Crippen LogP contribution in [0.4, 0.5) is 11.4 Å². The molecule has 0 atom stereocenters. The van der Waals surface area contributed by atoms with Crippen molar-refractivity contribution >= 4 is 17.3 Å². The predicted molar refractivity (Wildman–Crippen MR) is 70.2 cm³/mol. The first-order chi connectivity index (χ1) is 8.70. The number of carbonyl (C=O) groups is 1. The largest absolute Gasteiger partial charge is 0.399 e. The number of nitrogens with zero attached hydrogens (tertiary/aromatic N) is 1. The van der Waals surface area contributed by atoms with Gasteiger partial charge in [0.25, 0.3) is 5.91 Å². The highest BCUT2D eigenvalue weighted by molar-refractivity contribution is 6.00. The van der Waals surface area contributed by atoms with Gasteiger partial charge in [-0.1, -0.05) is 0 Å². The molecule has 0 aliphatic heterocycles. The lowest BCUT2D eigenvalue weighted by molar-refractivity contribution is 0.0964. The second kappa shape index (κ2) is 5.22. The molecule has 6 heteroatoms. The number of nitrogens with one attached hydrogen (secondary N) is 3. The van der Waals surface area contributed by atoms with Crippen LogP contribution in [-0.2, 0) is 6.54 Å². The number of carbonyl (C=O) groups excluding carboxylic acids is 1. The molecule has 0 saturated carbocycles. The monoisotopic (exact) mass is 245 g/mol. The second-order valence-corrected chi connectivity index (χ2v) is 3.82. The molecule has 94 valence electrons. The van der Waals surface area contributed by atoms with E-state index in [9.17, 15) is 4.79 Å². The van der Waals surface area contributed by atoms with Crippen molar-refractivity contribution in [3.8, 4) is 0 Å². The van der Waals surface area contributed by atoms with E-state index in [1.807, 2.05) is 6.07 Å². The first-order valence-corrected chi connectivity index (χ1v) is 5.54. The average molecular weight is 245 g/mol. The van der Waals surface area contributed by atoms with Crippen molar-refractivity contribution in [3.63, 3.8) is 0 Å². The van der Waals surface area contributed by atoms with Crippen LogP contribution in [0.25, 0.3) is 0 Å². The Morgan fingerprint density at radius 1 is 1.44 bits per heavy atom. The van der Waals surface area contributed by atoms with Gasteiger partial charge >= 0.3 is 0 Å². The van der Waals surface area contributed by atoms with E-state index in [0.717, 1.165) is 5.69 Å². The van der Waals surface area contributed by atoms with Gasteiger partial charge in [-0.05, 0) is 24.3 Å². The zero-order valence-corrected chi connectivity index (χ0v) is 10.0. The first-order valence-electron chi connectivity index (χ1n) is 5.54. The summed E-state index contributed by atoms with van der Waals surface area (Å²) >= 11 is 0. The van der Waals surface area contributed by atoms with Crippen LogP contribution in [0.5, 0.6) is 0 Å². The fourth-order valence-electron chi connectivity index (χ4n) is 1.61. The second-order valence-electron chi connectivity index (χ2n) is 3.82. The Bertz CT molecular complexity index is 535. The molecule has 0 aliphatic carbocycles. The first kappa shape index (κ1) is 12.0. The van der Waals surface area contributed by atoms with Gasteiger partial charge in [0.2, 0.25) is 0 Å². The van der Waals surface area contributed by atoms with Crippen molar-refractivity contribution in [2.45, 2.75) is 6.54 Å². The normalized spacial score (nSPS) is 10.1. The summed E-state index contributed by atoms with van der Waals surface area (Å²) in [5.74, 6) is -0.151. The molecule has 2 aromatic rings. The van der Waals surface area contributed by atoms with Gasteiger partial charge in [-0.2, -0.15) is 5.10 Å². The Kier molecular flexibility index (Phi) is 3.47. The molecule has 5 N–H and O–H groups in total. The van der Waals surface area contributed by atoms with Crippen molar-refractivity contribution in [3.05, 3.63) is 41.7 Å². The minimum Gasteiger partial charge on any atom is -0.399 e. The molecule has 1 aromatic heterocycles. The summed E-state index contributed by atoms with van der Waals surface area (Å²) < 4.78 is 0. The molecule has 0 spiro atoms.